The topological polar surface area (TPSA) is 32.3 Å². The fraction of sp³-hybridized carbons (Fsp3) is 0.318. The normalized spacial score (nSPS) is 13.9. The van der Waals surface area contributed by atoms with Gasteiger partial charge >= 0.3 is 0 Å². The Bertz CT molecular complexity index is 735. The highest BCUT2D eigenvalue weighted by Gasteiger charge is 2.08. The molecule has 0 radical (unpaired) electrons. The smallest absolute Gasteiger partial charge is 0.225 e. The van der Waals surface area contributed by atoms with Gasteiger partial charge in [0, 0.05) is 0 Å². The van der Waals surface area contributed by atoms with E-state index in [2.05, 4.69) is 46.3 Å². The molecule has 0 atom stereocenters. The lowest BCUT2D eigenvalue weighted by Crippen LogP contribution is -2.25. The van der Waals surface area contributed by atoms with Crippen LogP contribution in [-0.4, -0.2) is 37.0 Å². The van der Waals surface area contributed by atoms with E-state index in [0.29, 0.717) is 13.0 Å². The standard InChI is InChI=1S/C22H24N2O/c25-22(23-14-4-5-15-24-16-6-7-17-24)18-19-10-12-21(13-11-19)20-8-2-1-3-9-20/h1-3,8-13H,6-7,14-18H2,(H,23,25). The van der Waals surface area contributed by atoms with Crippen LogP contribution in [0.4, 0.5) is 0 Å². The molecule has 0 bridgehead atoms. The Morgan fingerprint density at radius 1 is 0.920 bits per heavy atom. The summed E-state index contributed by atoms with van der Waals surface area (Å²) in [4.78, 5) is 14.3. The molecule has 1 amide bonds. The van der Waals surface area contributed by atoms with E-state index in [0.717, 1.165) is 30.8 Å². The van der Waals surface area contributed by atoms with Crippen molar-refractivity contribution >= 4 is 5.91 Å². The molecule has 2 aromatic carbocycles. The third kappa shape index (κ3) is 5.48. The lowest BCUT2D eigenvalue weighted by atomic mass is 10.0. The maximum absolute atomic E-state index is 12.0. The molecule has 1 aliphatic heterocycles. The highest BCUT2D eigenvalue weighted by Crippen LogP contribution is 2.19. The molecule has 3 rings (SSSR count). The van der Waals surface area contributed by atoms with E-state index in [4.69, 9.17) is 0 Å². The molecule has 1 fully saturated rings. The van der Waals surface area contributed by atoms with Gasteiger partial charge in [-0.1, -0.05) is 66.4 Å². The van der Waals surface area contributed by atoms with E-state index in [1.54, 1.807) is 0 Å². The zero-order valence-electron chi connectivity index (χ0n) is 14.5. The summed E-state index contributed by atoms with van der Waals surface area (Å²) in [5, 5.41) is 2.87. The molecule has 3 heteroatoms. The zero-order chi connectivity index (χ0) is 17.3. The van der Waals surface area contributed by atoms with E-state index >= 15 is 0 Å². The second-order valence-electron chi connectivity index (χ2n) is 6.35. The third-order valence-electron chi connectivity index (χ3n) is 4.43. The van der Waals surface area contributed by atoms with Gasteiger partial charge in [0.2, 0.25) is 5.91 Å². The summed E-state index contributed by atoms with van der Waals surface area (Å²) in [5.41, 5.74) is 3.37. The lowest BCUT2D eigenvalue weighted by Gasteiger charge is -2.08. The number of carbonyl (C=O) groups is 1. The summed E-state index contributed by atoms with van der Waals surface area (Å²) in [5.74, 6) is 6.19. The molecule has 1 N–H and O–H groups in total. The van der Waals surface area contributed by atoms with Crippen molar-refractivity contribution < 1.29 is 4.79 Å². The van der Waals surface area contributed by atoms with Gasteiger partial charge in [-0.05, 0) is 42.6 Å². The molecule has 3 nitrogen and oxygen atoms in total. The highest BCUT2D eigenvalue weighted by molar-refractivity contribution is 5.79. The minimum absolute atomic E-state index is 0.0166. The van der Waals surface area contributed by atoms with Crippen molar-refractivity contribution in [2.24, 2.45) is 0 Å². The maximum atomic E-state index is 12.0. The fourth-order valence-electron chi connectivity index (χ4n) is 3.01. The number of rotatable bonds is 5. The molecule has 0 saturated carbocycles. The zero-order valence-corrected chi connectivity index (χ0v) is 14.5. The predicted molar refractivity (Wildman–Crippen MR) is 102 cm³/mol. The van der Waals surface area contributed by atoms with Gasteiger partial charge < -0.3 is 5.32 Å². The number of amides is 1. The Morgan fingerprint density at radius 3 is 2.32 bits per heavy atom. The van der Waals surface area contributed by atoms with Gasteiger partial charge in [0.25, 0.3) is 0 Å². The van der Waals surface area contributed by atoms with Gasteiger partial charge in [-0.3, -0.25) is 9.69 Å². The Labute approximate surface area is 150 Å². The van der Waals surface area contributed by atoms with Crippen LogP contribution in [0.1, 0.15) is 18.4 Å². The number of carbonyl (C=O) groups excluding carboxylic acids is 1. The van der Waals surface area contributed by atoms with Crippen LogP contribution in [-0.2, 0) is 11.2 Å². The van der Waals surface area contributed by atoms with Crippen molar-refractivity contribution in [2.75, 3.05) is 26.2 Å². The van der Waals surface area contributed by atoms with E-state index in [9.17, 15) is 4.79 Å². The van der Waals surface area contributed by atoms with Crippen molar-refractivity contribution in [1.29, 1.82) is 0 Å². The number of benzene rings is 2. The average molecular weight is 332 g/mol. The monoisotopic (exact) mass is 332 g/mol. The van der Waals surface area contributed by atoms with Crippen LogP contribution in [0.25, 0.3) is 11.1 Å². The predicted octanol–water partition coefficient (Wildman–Crippen LogP) is 3.11. The quantitative estimate of drug-likeness (QED) is 0.853. The number of hydrogen-bond acceptors (Lipinski definition) is 2. The molecule has 128 valence electrons. The Hall–Kier alpha value is -2.57. The minimum Gasteiger partial charge on any atom is -0.345 e. The summed E-state index contributed by atoms with van der Waals surface area (Å²) < 4.78 is 0. The number of nitrogens with zero attached hydrogens (tertiary/aromatic N) is 1. The van der Waals surface area contributed by atoms with E-state index in [1.807, 2.05) is 30.3 Å². The van der Waals surface area contributed by atoms with Crippen LogP contribution in [0.15, 0.2) is 54.6 Å². The number of likely N-dealkylation sites (tertiary alicyclic amines) is 1. The van der Waals surface area contributed by atoms with E-state index in [1.165, 1.54) is 18.4 Å². The lowest BCUT2D eigenvalue weighted by molar-refractivity contribution is -0.120. The molecule has 1 aliphatic rings. The first-order chi connectivity index (χ1) is 12.3. The molecule has 25 heavy (non-hydrogen) atoms. The number of hydrogen-bond donors (Lipinski definition) is 1. The maximum Gasteiger partial charge on any atom is 0.225 e. The van der Waals surface area contributed by atoms with Crippen LogP contribution in [0.2, 0.25) is 0 Å². The van der Waals surface area contributed by atoms with Gasteiger partial charge in [-0.2, -0.15) is 0 Å². The van der Waals surface area contributed by atoms with Crippen molar-refractivity contribution in [1.82, 2.24) is 10.2 Å². The van der Waals surface area contributed by atoms with Gasteiger partial charge in [0.1, 0.15) is 0 Å². The summed E-state index contributed by atoms with van der Waals surface area (Å²) >= 11 is 0. The Morgan fingerprint density at radius 2 is 1.60 bits per heavy atom. The van der Waals surface area contributed by atoms with Crippen LogP contribution >= 0.6 is 0 Å². The third-order valence-corrected chi connectivity index (χ3v) is 4.43. The van der Waals surface area contributed by atoms with E-state index in [-0.39, 0.29) is 5.91 Å². The Kier molecular flexibility index (Phi) is 6.25. The molecule has 1 heterocycles. The fourth-order valence-corrected chi connectivity index (χ4v) is 3.01. The molecule has 0 spiro atoms. The highest BCUT2D eigenvalue weighted by atomic mass is 16.1. The van der Waals surface area contributed by atoms with Crippen LogP contribution in [0, 0.1) is 11.8 Å². The first-order valence-electron chi connectivity index (χ1n) is 8.90. The second kappa shape index (κ2) is 9.05. The summed E-state index contributed by atoms with van der Waals surface area (Å²) in [6.07, 6.45) is 2.95. The molecule has 0 aliphatic carbocycles. The van der Waals surface area contributed by atoms with Gasteiger partial charge in [-0.25, -0.2) is 0 Å². The van der Waals surface area contributed by atoms with Crippen LogP contribution in [0.5, 0.6) is 0 Å². The molecule has 0 unspecified atom stereocenters. The van der Waals surface area contributed by atoms with Gasteiger partial charge in [-0.15, -0.1) is 0 Å². The summed E-state index contributed by atoms with van der Waals surface area (Å²) in [6.45, 7) is 3.55. The minimum atomic E-state index is 0.0166. The van der Waals surface area contributed by atoms with Gasteiger partial charge in [0.05, 0.1) is 19.5 Å². The molecular weight excluding hydrogens is 308 g/mol. The largest absolute Gasteiger partial charge is 0.345 e. The van der Waals surface area contributed by atoms with Crippen LogP contribution < -0.4 is 5.32 Å². The second-order valence-corrected chi connectivity index (χ2v) is 6.35. The molecule has 0 aromatic heterocycles. The summed E-state index contributed by atoms with van der Waals surface area (Å²) in [6, 6.07) is 18.4. The van der Waals surface area contributed by atoms with Crippen molar-refractivity contribution in [3.05, 3.63) is 60.2 Å². The number of nitrogens with one attached hydrogen (secondary N) is 1. The van der Waals surface area contributed by atoms with Crippen LogP contribution in [0.3, 0.4) is 0 Å². The SMILES string of the molecule is O=C(Cc1ccc(-c2ccccc2)cc1)NCC#CCN1CCCC1. The summed E-state index contributed by atoms with van der Waals surface area (Å²) in [7, 11) is 0. The van der Waals surface area contributed by atoms with Gasteiger partial charge in [0.15, 0.2) is 0 Å². The average Bonchev–Trinajstić information content (AvgIpc) is 3.16. The molecular formula is C22H24N2O. The first-order valence-corrected chi connectivity index (χ1v) is 8.90. The van der Waals surface area contributed by atoms with Crippen molar-refractivity contribution in [3.8, 4) is 23.0 Å². The van der Waals surface area contributed by atoms with E-state index < -0.39 is 0 Å². The van der Waals surface area contributed by atoms with Crippen molar-refractivity contribution in [2.45, 2.75) is 19.3 Å². The molecule has 1 saturated heterocycles. The molecule has 2 aromatic rings. The Balaban J connectivity index is 1.42. The first kappa shape index (κ1) is 17.3. The van der Waals surface area contributed by atoms with Crippen molar-refractivity contribution in [3.63, 3.8) is 0 Å².